The van der Waals surface area contributed by atoms with Gasteiger partial charge in [-0.1, -0.05) is 17.7 Å². The number of aryl methyl sites for hydroxylation is 1. The molecular weight excluding hydrogens is 296 g/mol. The van der Waals surface area contributed by atoms with Crippen LogP contribution in [0.5, 0.6) is 0 Å². The lowest BCUT2D eigenvalue weighted by molar-refractivity contribution is 0.968. The Bertz CT molecular complexity index is 708. The fourth-order valence-corrected chi connectivity index (χ4v) is 2.63. The Labute approximate surface area is 135 Å². The molecule has 4 nitrogen and oxygen atoms in total. The molecule has 22 heavy (non-hydrogen) atoms. The van der Waals surface area contributed by atoms with Crippen LogP contribution in [0.25, 0.3) is 0 Å². The summed E-state index contributed by atoms with van der Waals surface area (Å²) in [4.78, 5) is 9.28. The quantitative estimate of drug-likeness (QED) is 0.844. The molecule has 114 valence electrons. The monoisotopic (exact) mass is 314 g/mol. The fraction of sp³-hybridized carbons (Fsp3) is 0.412. The first-order chi connectivity index (χ1) is 10.7. The van der Waals surface area contributed by atoms with E-state index in [9.17, 15) is 0 Å². The van der Waals surface area contributed by atoms with Crippen LogP contribution in [0.2, 0.25) is 5.02 Å². The van der Waals surface area contributed by atoms with Crippen molar-refractivity contribution in [3.05, 3.63) is 40.5 Å². The zero-order valence-corrected chi connectivity index (χ0v) is 13.3. The molecule has 1 heterocycles. The molecule has 0 aliphatic heterocycles. The third-order valence-corrected chi connectivity index (χ3v) is 4.35. The Kier molecular flexibility index (Phi) is 3.41. The zero-order chi connectivity index (χ0) is 15.1. The summed E-state index contributed by atoms with van der Waals surface area (Å²) in [6.45, 7) is 2.06. The average Bonchev–Trinajstić information content (AvgIpc) is 3.35. The summed E-state index contributed by atoms with van der Waals surface area (Å²) in [6.07, 6.45) is 4.89. The molecule has 2 saturated carbocycles. The van der Waals surface area contributed by atoms with Crippen molar-refractivity contribution in [1.82, 2.24) is 9.97 Å². The van der Waals surface area contributed by atoms with E-state index in [-0.39, 0.29) is 0 Å². The van der Waals surface area contributed by atoms with Crippen molar-refractivity contribution in [2.75, 3.05) is 10.6 Å². The SMILES string of the molecule is Cc1ccc(Cl)cc1Nc1cc(C2CC2)nc(NC2CC2)n1. The molecule has 2 fully saturated rings. The summed E-state index contributed by atoms with van der Waals surface area (Å²) in [5.74, 6) is 2.18. The van der Waals surface area contributed by atoms with Gasteiger partial charge in [-0.3, -0.25) is 0 Å². The number of hydrogen-bond donors (Lipinski definition) is 2. The smallest absolute Gasteiger partial charge is 0.225 e. The Morgan fingerprint density at radius 3 is 2.64 bits per heavy atom. The van der Waals surface area contributed by atoms with Gasteiger partial charge in [-0.15, -0.1) is 0 Å². The van der Waals surface area contributed by atoms with Crippen LogP contribution in [0.1, 0.15) is 42.9 Å². The minimum Gasteiger partial charge on any atom is -0.351 e. The molecule has 5 heteroatoms. The lowest BCUT2D eigenvalue weighted by atomic mass is 10.2. The van der Waals surface area contributed by atoms with Crippen molar-refractivity contribution in [3.63, 3.8) is 0 Å². The van der Waals surface area contributed by atoms with Gasteiger partial charge in [0.05, 0.1) is 5.69 Å². The standard InChI is InChI=1S/C17H19ClN4/c1-10-2-5-12(18)8-14(10)20-16-9-15(11-3-4-11)21-17(22-16)19-13-6-7-13/h2,5,8-9,11,13H,3-4,6-7H2,1H3,(H2,19,20,21,22). The Morgan fingerprint density at radius 2 is 1.91 bits per heavy atom. The highest BCUT2D eigenvalue weighted by molar-refractivity contribution is 6.30. The summed E-state index contributed by atoms with van der Waals surface area (Å²) < 4.78 is 0. The van der Waals surface area contributed by atoms with Crippen LogP contribution in [0.15, 0.2) is 24.3 Å². The van der Waals surface area contributed by atoms with Crippen molar-refractivity contribution in [2.24, 2.45) is 0 Å². The van der Waals surface area contributed by atoms with Crippen LogP contribution in [0.4, 0.5) is 17.5 Å². The Hall–Kier alpha value is -1.81. The summed E-state index contributed by atoms with van der Waals surface area (Å²) in [7, 11) is 0. The van der Waals surface area contributed by atoms with Crippen LogP contribution in [-0.4, -0.2) is 16.0 Å². The lowest BCUT2D eigenvalue weighted by Gasteiger charge is -2.12. The predicted octanol–water partition coefficient (Wildman–Crippen LogP) is 4.63. The van der Waals surface area contributed by atoms with Gasteiger partial charge in [0.2, 0.25) is 5.95 Å². The number of aromatic nitrogens is 2. The third-order valence-electron chi connectivity index (χ3n) is 4.11. The van der Waals surface area contributed by atoms with E-state index in [1.54, 1.807) is 0 Å². The van der Waals surface area contributed by atoms with E-state index in [1.807, 2.05) is 18.2 Å². The van der Waals surface area contributed by atoms with Gasteiger partial charge in [0.1, 0.15) is 5.82 Å². The molecule has 0 saturated heterocycles. The van der Waals surface area contributed by atoms with Gasteiger partial charge in [0.25, 0.3) is 0 Å². The maximum atomic E-state index is 6.10. The molecule has 4 rings (SSSR count). The van der Waals surface area contributed by atoms with Gasteiger partial charge in [-0.25, -0.2) is 4.98 Å². The molecule has 2 aliphatic rings. The largest absolute Gasteiger partial charge is 0.351 e. The van der Waals surface area contributed by atoms with Crippen LogP contribution in [0, 0.1) is 6.92 Å². The van der Waals surface area contributed by atoms with E-state index < -0.39 is 0 Å². The van der Waals surface area contributed by atoms with E-state index in [1.165, 1.54) is 25.7 Å². The first kappa shape index (κ1) is 13.8. The van der Waals surface area contributed by atoms with Gasteiger partial charge in [0.15, 0.2) is 0 Å². The second kappa shape index (κ2) is 5.43. The van der Waals surface area contributed by atoms with Gasteiger partial charge in [0, 0.05) is 28.7 Å². The molecule has 2 N–H and O–H groups in total. The number of benzene rings is 1. The van der Waals surface area contributed by atoms with Crippen molar-refractivity contribution < 1.29 is 0 Å². The highest BCUT2D eigenvalue weighted by Crippen LogP contribution is 2.40. The van der Waals surface area contributed by atoms with Crippen LogP contribution >= 0.6 is 11.6 Å². The molecule has 1 aromatic carbocycles. The van der Waals surface area contributed by atoms with Crippen molar-refractivity contribution >= 4 is 29.1 Å². The summed E-state index contributed by atoms with van der Waals surface area (Å²) in [6, 6.07) is 8.46. The minimum atomic E-state index is 0.551. The second-order valence-corrected chi connectivity index (χ2v) is 6.72. The zero-order valence-electron chi connectivity index (χ0n) is 12.6. The highest BCUT2D eigenvalue weighted by Gasteiger charge is 2.27. The van der Waals surface area contributed by atoms with Crippen LogP contribution in [0.3, 0.4) is 0 Å². The molecule has 0 amide bonds. The number of anilines is 3. The summed E-state index contributed by atoms with van der Waals surface area (Å²) in [5.41, 5.74) is 3.28. The molecule has 2 aliphatic carbocycles. The first-order valence-corrected chi connectivity index (χ1v) is 8.24. The van der Waals surface area contributed by atoms with E-state index in [2.05, 4.69) is 33.6 Å². The number of rotatable bonds is 5. The summed E-state index contributed by atoms with van der Waals surface area (Å²) >= 11 is 6.10. The van der Waals surface area contributed by atoms with E-state index in [4.69, 9.17) is 11.6 Å². The van der Waals surface area contributed by atoms with Gasteiger partial charge < -0.3 is 10.6 Å². The molecule has 0 spiro atoms. The average molecular weight is 315 g/mol. The Morgan fingerprint density at radius 1 is 1.09 bits per heavy atom. The van der Waals surface area contributed by atoms with E-state index in [0.717, 1.165) is 33.7 Å². The first-order valence-electron chi connectivity index (χ1n) is 7.86. The second-order valence-electron chi connectivity index (χ2n) is 6.28. The van der Waals surface area contributed by atoms with Gasteiger partial charge in [-0.2, -0.15) is 4.98 Å². The van der Waals surface area contributed by atoms with Crippen LogP contribution in [-0.2, 0) is 0 Å². The Balaban J connectivity index is 1.64. The lowest BCUT2D eigenvalue weighted by Crippen LogP contribution is -2.08. The molecule has 0 radical (unpaired) electrons. The predicted molar refractivity (Wildman–Crippen MR) is 90.1 cm³/mol. The summed E-state index contributed by atoms with van der Waals surface area (Å²) in [5, 5.41) is 7.52. The molecule has 0 bridgehead atoms. The van der Waals surface area contributed by atoms with E-state index in [0.29, 0.717) is 12.0 Å². The normalized spacial score (nSPS) is 17.4. The molecule has 1 aromatic heterocycles. The maximum absolute atomic E-state index is 6.10. The third kappa shape index (κ3) is 3.17. The minimum absolute atomic E-state index is 0.551. The van der Waals surface area contributed by atoms with Crippen molar-refractivity contribution in [2.45, 2.75) is 44.6 Å². The number of halogens is 1. The van der Waals surface area contributed by atoms with Gasteiger partial charge in [-0.05, 0) is 50.3 Å². The van der Waals surface area contributed by atoms with E-state index >= 15 is 0 Å². The number of nitrogens with zero attached hydrogens (tertiary/aromatic N) is 2. The van der Waals surface area contributed by atoms with Crippen molar-refractivity contribution in [3.8, 4) is 0 Å². The van der Waals surface area contributed by atoms with Crippen molar-refractivity contribution in [1.29, 1.82) is 0 Å². The van der Waals surface area contributed by atoms with Crippen LogP contribution < -0.4 is 10.6 Å². The van der Waals surface area contributed by atoms with Gasteiger partial charge >= 0.3 is 0 Å². The molecule has 2 aromatic rings. The highest BCUT2D eigenvalue weighted by atomic mass is 35.5. The molecule has 0 atom stereocenters. The maximum Gasteiger partial charge on any atom is 0.225 e. The number of hydrogen-bond acceptors (Lipinski definition) is 4. The molecular formula is C17H19ClN4. The fourth-order valence-electron chi connectivity index (χ4n) is 2.46. The number of nitrogens with one attached hydrogen (secondary N) is 2. The topological polar surface area (TPSA) is 49.8 Å². The molecule has 0 unspecified atom stereocenters.